The SMILES string of the molecule is Cc1nccn1Cc1ccccc1.Cc1nccn1Cc1ccccc1.[Co+2].[N-]=[N+]=[N-].[N-]=[N+]=[N-]. The summed E-state index contributed by atoms with van der Waals surface area (Å²) < 4.78 is 4.27. The first-order chi connectivity index (χ1) is 15.5. The van der Waals surface area contributed by atoms with E-state index in [0.717, 1.165) is 24.7 Å². The van der Waals surface area contributed by atoms with Gasteiger partial charge in [0.25, 0.3) is 0 Å². The predicted octanol–water partition coefficient (Wildman–Crippen LogP) is 6.21. The topological polar surface area (TPSA) is 153 Å². The van der Waals surface area contributed by atoms with Crippen molar-refractivity contribution in [2.45, 2.75) is 26.9 Å². The molecular weight excluding hydrogens is 463 g/mol. The second kappa shape index (κ2) is 17.6. The molecule has 0 saturated heterocycles. The van der Waals surface area contributed by atoms with Crippen molar-refractivity contribution in [2.75, 3.05) is 0 Å². The van der Waals surface area contributed by atoms with Crippen LogP contribution in [0.25, 0.3) is 31.9 Å². The Labute approximate surface area is 203 Å². The van der Waals surface area contributed by atoms with E-state index in [1.165, 1.54) is 21.0 Å². The summed E-state index contributed by atoms with van der Waals surface area (Å²) in [4.78, 5) is 11.4. The second-order valence-electron chi connectivity index (χ2n) is 6.35. The third kappa shape index (κ3) is 11.8. The van der Waals surface area contributed by atoms with Crippen molar-refractivity contribution in [3.63, 3.8) is 0 Å². The van der Waals surface area contributed by atoms with E-state index in [0.29, 0.717) is 0 Å². The first-order valence-electron chi connectivity index (χ1n) is 9.55. The molecule has 171 valence electrons. The van der Waals surface area contributed by atoms with Crippen LogP contribution in [0.5, 0.6) is 0 Å². The molecule has 10 nitrogen and oxygen atoms in total. The van der Waals surface area contributed by atoms with E-state index >= 15 is 0 Å². The largest absolute Gasteiger partial charge is 2.00 e. The summed E-state index contributed by atoms with van der Waals surface area (Å²) in [6.45, 7) is 5.85. The summed E-state index contributed by atoms with van der Waals surface area (Å²) in [5, 5.41) is 0. The second-order valence-corrected chi connectivity index (χ2v) is 6.35. The molecule has 0 bridgehead atoms. The van der Waals surface area contributed by atoms with Crippen LogP contribution in [0, 0.1) is 13.8 Å². The molecule has 0 N–H and O–H groups in total. The molecule has 0 fully saturated rings. The van der Waals surface area contributed by atoms with Gasteiger partial charge in [0, 0.05) is 37.9 Å². The molecule has 1 radical (unpaired) electrons. The average Bonchev–Trinajstić information content (AvgIpc) is 3.39. The van der Waals surface area contributed by atoms with Crippen LogP contribution in [-0.4, -0.2) is 19.1 Å². The Morgan fingerprint density at radius 2 is 0.939 bits per heavy atom. The quantitative estimate of drug-likeness (QED) is 0.191. The zero-order valence-electron chi connectivity index (χ0n) is 18.3. The maximum atomic E-state index is 6.75. The zero-order chi connectivity index (χ0) is 23.6. The fourth-order valence-electron chi connectivity index (χ4n) is 2.70. The van der Waals surface area contributed by atoms with Gasteiger partial charge in [-0.2, -0.15) is 0 Å². The molecule has 0 aliphatic rings. The number of benzene rings is 2. The maximum absolute atomic E-state index is 6.75. The van der Waals surface area contributed by atoms with Crippen LogP contribution in [0.3, 0.4) is 0 Å². The third-order valence-electron chi connectivity index (χ3n) is 4.24. The van der Waals surface area contributed by atoms with Gasteiger partial charge in [0.15, 0.2) is 0 Å². The minimum absolute atomic E-state index is 0. The predicted molar refractivity (Wildman–Crippen MR) is 125 cm³/mol. The van der Waals surface area contributed by atoms with E-state index in [9.17, 15) is 0 Å². The third-order valence-corrected chi connectivity index (χ3v) is 4.24. The van der Waals surface area contributed by atoms with E-state index in [4.69, 9.17) is 22.1 Å². The van der Waals surface area contributed by atoms with E-state index in [1.54, 1.807) is 0 Å². The smallest absolute Gasteiger partial charge is 0.373 e. The van der Waals surface area contributed by atoms with Crippen molar-refractivity contribution in [3.8, 4) is 0 Å². The first kappa shape index (κ1) is 29.0. The molecule has 2 aromatic carbocycles. The number of rotatable bonds is 4. The molecule has 0 spiro atoms. The molecular formula is C22H24CoN10. The Hall–Kier alpha value is -4.01. The van der Waals surface area contributed by atoms with Crippen molar-refractivity contribution in [2.24, 2.45) is 0 Å². The normalized spacial score (nSPS) is 8.55. The molecule has 4 rings (SSSR count). The summed E-state index contributed by atoms with van der Waals surface area (Å²) in [6, 6.07) is 20.8. The number of hydrogen-bond acceptors (Lipinski definition) is 2. The minimum atomic E-state index is 0. The molecule has 2 heterocycles. The molecule has 4 aromatic rings. The van der Waals surface area contributed by atoms with E-state index in [1.807, 2.05) is 50.8 Å². The molecule has 0 aliphatic carbocycles. The summed E-state index contributed by atoms with van der Waals surface area (Å²) in [5.41, 5.74) is 29.6. The van der Waals surface area contributed by atoms with Gasteiger partial charge < -0.3 is 31.3 Å². The van der Waals surface area contributed by atoms with Gasteiger partial charge in [0.2, 0.25) is 0 Å². The van der Waals surface area contributed by atoms with Crippen molar-refractivity contribution < 1.29 is 16.8 Å². The van der Waals surface area contributed by atoms with Crippen LogP contribution in [0.2, 0.25) is 0 Å². The van der Waals surface area contributed by atoms with Gasteiger partial charge in [-0.25, -0.2) is 9.97 Å². The molecule has 0 amide bonds. The standard InChI is InChI=1S/2C11H12N2.Co.2N3/c2*1-10-12-7-8-13(10)9-11-5-3-2-4-6-11;;2*1-3-2/h2*2-8H,9H2,1H3;;;/q;;+2;2*-1. The van der Waals surface area contributed by atoms with Gasteiger partial charge in [-0.3, -0.25) is 9.82 Å². The van der Waals surface area contributed by atoms with E-state index in [2.05, 4.69) is 67.6 Å². The van der Waals surface area contributed by atoms with Crippen molar-refractivity contribution in [3.05, 3.63) is 140 Å². The van der Waals surface area contributed by atoms with Crippen LogP contribution in [0.4, 0.5) is 0 Å². The minimum Gasteiger partial charge on any atom is -0.373 e. The fourth-order valence-corrected chi connectivity index (χ4v) is 2.70. The fraction of sp³-hybridized carbons (Fsp3) is 0.182. The van der Waals surface area contributed by atoms with Gasteiger partial charge in [0.1, 0.15) is 11.6 Å². The van der Waals surface area contributed by atoms with Gasteiger partial charge in [-0.05, 0) is 25.0 Å². The molecule has 0 aliphatic heterocycles. The molecule has 11 heteroatoms. The van der Waals surface area contributed by atoms with Crippen molar-refractivity contribution >= 4 is 0 Å². The van der Waals surface area contributed by atoms with Crippen molar-refractivity contribution in [1.82, 2.24) is 19.1 Å². The molecule has 33 heavy (non-hydrogen) atoms. The Bertz CT molecular complexity index is 1000. The van der Waals surface area contributed by atoms with Gasteiger partial charge >= 0.3 is 16.8 Å². The van der Waals surface area contributed by atoms with E-state index < -0.39 is 0 Å². The van der Waals surface area contributed by atoms with Gasteiger partial charge in [-0.15, -0.1) is 0 Å². The average molecular weight is 487 g/mol. The molecule has 2 aromatic heterocycles. The number of aryl methyl sites for hydroxylation is 2. The summed E-state index contributed by atoms with van der Waals surface area (Å²) in [5.74, 6) is 2.12. The van der Waals surface area contributed by atoms with Gasteiger partial charge in [0.05, 0.1) is 0 Å². The summed E-state index contributed by atoms with van der Waals surface area (Å²) in [6.07, 6.45) is 7.67. The van der Waals surface area contributed by atoms with Crippen LogP contribution >= 0.6 is 0 Å². The van der Waals surface area contributed by atoms with Gasteiger partial charge in [-0.1, -0.05) is 60.7 Å². The summed E-state index contributed by atoms with van der Waals surface area (Å²) >= 11 is 0. The van der Waals surface area contributed by atoms with E-state index in [-0.39, 0.29) is 16.8 Å². The van der Waals surface area contributed by atoms with Crippen molar-refractivity contribution in [1.29, 1.82) is 0 Å². The van der Waals surface area contributed by atoms with Crippen LogP contribution in [0.15, 0.2) is 85.5 Å². The molecule has 0 atom stereocenters. The number of hydrogen-bond donors (Lipinski definition) is 0. The van der Waals surface area contributed by atoms with Crippen LogP contribution < -0.4 is 0 Å². The number of nitrogens with zero attached hydrogens (tertiary/aromatic N) is 10. The molecule has 0 unspecified atom stereocenters. The first-order valence-corrected chi connectivity index (χ1v) is 9.55. The number of imidazole rings is 2. The van der Waals surface area contributed by atoms with Crippen LogP contribution in [0.1, 0.15) is 22.8 Å². The zero-order valence-corrected chi connectivity index (χ0v) is 19.3. The Morgan fingerprint density at radius 3 is 1.18 bits per heavy atom. The monoisotopic (exact) mass is 487 g/mol. The van der Waals surface area contributed by atoms with Crippen LogP contribution in [-0.2, 0) is 29.9 Å². The Balaban J connectivity index is 0.000000491. The summed E-state index contributed by atoms with van der Waals surface area (Å²) in [7, 11) is 0. The maximum Gasteiger partial charge on any atom is 2.00 e. The Kier molecular flexibility index (Phi) is 15.5. The Morgan fingerprint density at radius 1 is 0.636 bits per heavy atom. The molecule has 0 saturated carbocycles. The number of aromatic nitrogens is 4.